The number of hydrogen-bond acceptors (Lipinski definition) is 1. The van der Waals surface area contributed by atoms with Gasteiger partial charge >= 0.3 is 0 Å². The molecular weight excluding hydrogens is 220 g/mol. The van der Waals surface area contributed by atoms with Crippen molar-refractivity contribution in [3.05, 3.63) is 35.4 Å². The highest BCUT2D eigenvalue weighted by Gasteiger charge is 2.22. The molecule has 17 heavy (non-hydrogen) atoms. The maximum absolute atomic E-state index is 13.1. The summed E-state index contributed by atoms with van der Waals surface area (Å²) >= 11 is 0. The molecule has 2 unspecified atom stereocenters. The van der Waals surface area contributed by atoms with E-state index in [1.54, 1.807) is 0 Å². The molecule has 1 aromatic carbocycles. The van der Waals surface area contributed by atoms with Gasteiger partial charge in [0.25, 0.3) is 0 Å². The van der Waals surface area contributed by atoms with Crippen molar-refractivity contribution in [3.63, 3.8) is 0 Å². The van der Waals surface area contributed by atoms with Gasteiger partial charge in [0.15, 0.2) is 0 Å². The van der Waals surface area contributed by atoms with E-state index in [-0.39, 0.29) is 17.5 Å². The summed E-state index contributed by atoms with van der Waals surface area (Å²) in [6, 6.07) is 3.81. The first kappa shape index (κ1) is 14.1. The lowest BCUT2D eigenvalue weighted by atomic mass is 9.87. The summed E-state index contributed by atoms with van der Waals surface area (Å²) in [7, 11) is 0. The van der Waals surface area contributed by atoms with Gasteiger partial charge in [-0.2, -0.15) is 0 Å². The van der Waals surface area contributed by atoms with Gasteiger partial charge < -0.3 is 5.32 Å². The predicted octanol–water partition coefficient (Wildman–Crippen LogP) is 4.05. The third kappa shape index (κ3) is 4.08. The molecule has 96 valence electrons. The third-order valence-electron chi connectivity index (χ3n) is 3.18. The molecule has 0 aliphatic carbocycles. The number of nitrogens with one attached hydrogen (secondary N) is 1. The Morgan fingerprint density at radius 3 is 1.88 bits per heavy atom. The molecule has 1 rings (SSSR count). The Hall–Kier alpha value is -0.960. The summed E-state index contributed by atoms with van der Waals surface area (Å²) in [5, 5.41) is 3.36. The van der Waals surface area contributed by atoms with Gasteiger partial charge in [-0.15, -0.1) is 0 Å². The Morgan fingerprint density at radius 2 is 1.47 bits per heavy atom. The van der Waals surface area contributed by atoms with E-state index in [0.29, 0.717) is 5.56 Å². The van der Waals surface area contributed by atoms with Crippen LogP contribution in [0.3, 0.4) is 0 Å². The molecule has 1 nitrogen and oxygen atoms in total. The average molecular weight is 241 g/mol. The molecule has 0 saturated carbocycles. The molecular formula is C14H21F2N. The molecule has 0 saturated heterocycles. The zero-order valence-corrected chi connectivity index (χ0v) is 11.1. The van der Waals surface area contributed by atoms with Gasteiger partial charge in [-0.1, -0.05) is 20.8 Å². The van der Waals surface area contributed by atoms with Crippen molar-refractivity contribution in [3.8, 4) is 0 Å². The van der Waals surface area contributed by atoms with Crippen molar-refractivity contribution in [2.45, 2.75) is 46.7 Å². The van der Waals surface area contributed by atoms with E-state index in [9.17, 15) is 8.78 Å². The first-order valence-corrected chi connectivity index (χ1v) is 5.92. The molecule has 0 aliphatic heterocycles. The van der Waals surface area contributed by atoms with Crippen molar-refractivity contribution in [2.24, 2.45) is 5.41 Å². The first-order valence-electron chi connectivity index (χ1n) is 5.92. The zero-order chi connectivity index (χ0) is 13.2. The summed E-state index contributed by atoms with van der Waals surface area (Å²) < 4.78 is 26.2. The Labute approximate surface area is 102 Å². The molecule has 1 aromatic rings. The summed E-state index contributed by atoms with van der Waals surface area (Å²) in [4.78, 5) is 0. The highest BCUT2D eigenvalue weighted by molar-refractivity contribution is 5.21. The maximum atomic E-state index is 13.1. The summed E-state index contributed by atoms with van der Waals surface area (Å²) in [5.41, 5.74) is 0.749. The molecule has 0 fully saturated rings. The van der Waals surface area contributed by atoms with Crippen molar-refractivity contribution < 1.29 is 8.78 Å². The van der Waals surface area contributed by atoms with E-state index in [0.717, 1.165) is 6.07 Å². The quantitative estimate of drug-likeness (QED) is 0.841. The van der Waals surface area contributed by atoms with Crippen LogP contribution in [0.5, 0.6) is 0 Å². The van der Waals surface area contributed by atoms with Crippen molar-refractivity contribution in [1.29, 1.82) is 0 Å². The van der Waals surface area contributed by atoms with Crippen LogP contribution in [0, 0.1) is 17.0 Å². The molecule has 3 heteroatoms. The monoisotopic (exact) mass is 241 g/mol. The lowest BCUT2D eigenvalue weighted by molar-refractivity contribution is 0.268. The van der Waals surface area contributed by atoms with Gasteiger partial charge in [0.1, 0.15) is 11.6 Å². The lowest BCUT2D eigenvalue weighted by Gasteiger charge is -2.31. The minimum Gasteiger partial charge on any atom is -0.307 e. The highest BCUT2D eigenvalue weighted by atomic mass is 19.1. The van der Waals surface area contributed by atoms with E-state index < -0.39 is 11.6 Å². The van der Waals surface area contributed by atoms with Crippen LogP contribution in [-0.2, 0) is 0 Å². The highest BCUT2D eigenvalue weighted by Crippen LogP contribution is 2.23. The van der Waals surface area contributed by atoms with Gasteiger partial charge in [-0.25, -0.2) is 8.78 Å². The zero-order valence-electron chi connectivity index (χ0n) is 11.1. The normalized spacial score (nSPS) is 15.7. The van der Waals surface area contributed by atoms with Crippen LogP contribution in [0.2, 0.25) is 0 Å². The number of benzene rings is 1. The lowest BCUT2D eigenvalue weighted by Crippen LogP contribution is -2.39. The molecule has 0 radical (unpaired) electrons. The van der Waals surface area contributed by atoms with Gasteiger partial charge in [0.2, 0.25) is 0 Å². The van der Waals surface area contributed by atoms with Gasteiger partial charge in [-0.3, -0.25) is 0 Å². The molecule has 0 heterocycles. The second-order valence-corrected chi connectivity index (χ2v) is 5.68. The van der Waals surface area contributed by atoms with Crippen LogP contribution in [0.15, 0.2) is 18.2 Å². The standard InChI is InChI=1S/C14H21F2N/c1-9(17-10(2)14(3,4)5)11-6-12(15)8-13(16)7-11/h6-10,17H,1-5H3. The predicted molar refractivity (Wildman–Crippen MR) is 66.8 cm³/mol. The van der Waals surface area contributed by atoms with Crippen LogP contribution < -0.4 is 5.32 Å². The Balaban J connectivity index is 2.79. The number of rotatable bonds is 3. The number of hydrogen-bond donors (Lipinski definition) is 1. The minimum absolute atomic E-state index is 0.0746. The SMILES string of the molecule is CC(NC(C)C(C)(C)C)c1cc(F)cc(F)c1. The molecule has 0 amide bonds. The number of halogens is 2. The average Bonchev–Trinajstić information content (AvgIpc) is 2.14. The molecule has 0 spiro atoms. The van der Waals surface area contributed by atoms with Crippen molar-refractivity contribution in [1.82, 2.24) is 5.32 Å². The van der Waals surface area contributed by atoms with Gasteiger partial charge in [-0.05, 0) is 37.0 Å². The smallest absolute Gasteiger partial charge is 0.126 e. The van der Waals surface area contributed by atoms with Crippen LogP contribution in [0.4, 0.5) is 8.78 Å². The molecule has 0 aromatic heterocycles. The summed E-state index contributed by atoms with van der Waals surface area (Å²) in [5.74, 6) is -1.06. The van der Waals surface area contributed by atoms with Gasteiger partial charge in [0.05, 0.1) is 0 Å². The summed E-state index contributed by atoms with van der Waals surface area (Å²) in [6.07, 6.45) is 0. The fraction of sp³-hybridized carbons (Fsp3) is 0.571. The van der Waals surface area contributed by atoms with Crippen molar-refractivity contribution >= 4 is 0 Å². The molecule has 0 bridgehead atoms. The largest absolute Gasteiger partial charge is 0.307 e. The van der Waals surface area contributed by atoms with Crippen molar-refractivity contribution in [2.75, 3.05) is 0 Å². The van der Waals surface area contributed by atoms with E-state index in [2.05, 4.69) is 33.0 Å². The Morgan fingerprint density at radius 1 is 1.00 bits per heavy atom. The van der Waals surface area contributed by atoms with Crippen LogP contribution >= 0.6 is 0 Å². The van der Waals surface area contributed by atoms with Crippen LogP contribution in [-0.4, -0.2) is 6.04 Å². The van der Waals surface area contributed by atoms with Crippen LogP contribution in [0.25, 0.3) is 0 Å². The third-order valence-corrected chi connectivity index (χ3v) is 3.18. The van der Waals surface area contributed by atoms with E-state index >= 15 is 0 Å². The second kappa shape index (κ2) is 5.13. The maximum Gasteiger partial charge on any atom is 0.126 e. The molecule has 0 aliphatic rings. The first-order chi connectivity index (χ1) is 7.70. The summed E-state index contributed by atoms with van der Waals surface area (Å²) in [6.45, 7) is 10.4. The fourth-order valence-electron chi connectivity index (χ4n) is 1.55. The molecule has 1 N–H and O–H groups in total. The van der Waals surface area contributed by atoms with E-state index in [1.165, 1.54) is 12.1 Å². The Bertz CT molecular complexity index is 362. The molecule has 2 atom stereocenters. The van der Waals surface area contributed by atoms with E-state index in [1.807, 2.05) is 6.92 Å². The van der Waals surface area contributed by atoms with E-state index in [4.69, 9.17) is 0 Å². The second-order valence-electron chi connectivity index (χ2n) is 5.68. The fourth-order valence-corrected chi connectivity index (χ4v) is 1.55. The van der Waals surface area contributed by atoms with Gasteiger partial charge in [0, 0.05) is 18.2 Å². The Kier molecular flexibility index (Phi) is 4.26. The van der Waals surface area contributed by atoms with Crippen LogP contribution in [0.1, 0.15) is 46.2 Å². The minimum atomic E-state index is -0.530. The topological polar surface area (TPSA) is 12.0 Å².